The first-order valence-corrected chi connectivity index (χ1v) is 14.5. The molecule has 14 nitrogen and oxygen atoms in total. The molecular weight excluding hydrogens is 588 g/mol. The highest BCUT2D eigenvalue weighted by molar-refractivity contribution is 5.79. The number of nitro groups is 2. The molecular formula is C31H36N4O10. The predicted octanol–water partition coefficient (Wildman–Crippen LogP) is 4.52. The fraction of sp³-hybridized carbons (Fsp3) is 0.387. The number of hydrogen-bond donors (Lipinski definition) is 2. The van der Waals surface area contributed by atoms with Crippen LogP contribution in [0.4, 0.5) is 21.9 Å². The lowest BCUT2D eigenvalue weighted by Crippen LogP contribution is -2.29. The van der Waals surface area contributed by atoms with Gasteiger partial charge in [0.05, 0.1) is 68.8 Å². The van der Waals surface area contributed by atoms with Crippen molar-refractivity contribution in [2.75, 3.05) is 77.9 Å². The summed E-state index contributed by atoms with van der Waals surface area (Å²) in [5, 5.41) is 27.5. The van der Waals surface area contributed by atoms with Crippen LogP contribution >= 0.6 is 0 Å². The second-order valence-electron chi connectivity index (χ2n) is 9.84. The molecule has 45 heavy (non-hydrogen) atoms. The SMILES string of the molecule is O=C(NCCOCCOCCOCCOCCNc1ccc([N+](=O)[O-])cc1[N+](=O)[O-])OCC1c2ccccc2-c2ccccc21. The molecule has 0 bridgehead atoms. The number of hydrogen-bond acceptors (Lipinski definition) is 11. The van der Waals surface area contributed by atoms with Gasteiger partial charge in [-0.25, -0.2) is 4.79 Å². The standard InChI is InChI=1S/C31H36N4O10/c36-31(45-22-28-26-7-3-1-5-24(26)25-6-2-4-8-27(25)28)33-12-14-42-16-18-44-20-19-43-17-15-41-13-11-32-29-10-9-23(34(37)38)21-30(29)35(39)40/h1-10,21,28,32H,11-20,22H2,(H,33,36). The van der Waals surface area contributed by atoms with Gasteiger partial charge in [0.2, 0.25) is 0 Å². The lowest BCUT2D eigenvalue weighted by atomic mass is 9.98. The van der Waals surface area contributed by atoms with Gasteiger partial charge in [-0.05, 0) is 28.3 Å². The van der Waals surface area contributed by atoms with Crippen LogP contribution in [0.25, 0.3) is 11.1 Å². The number of carbonyl (C=O) groups excluding carboxylic acids is 1. The van der Waals surface area contributed by atoms with Crippen LogP contribution in [0.1, 0.15) is 17.0 Å². The third-order valence-electron chi connectivity index (χ3n) is 6.93. The molecule has 1 amide bonds. The van der Waals surface area contributed by atoms with Crippen molar-refractivity contribution < 1.29 is 38.3 Å². The number of carbonyl (C=O) groups is 1. The molecule has 1 aliphatic rings. The average Bonchev–Trinajstić information content (AvgIpc) is 3.37. The van der Waals surface area contributed by atoms with E-state index in [4.69, 9.17) is 23.7 Å². The van der Waals surface area contributed by atoms with Crippen molar-refractivity contribution in [2.45, 2.75) is 5.92 Å². The molecule has 0 atom stereocenters. The van der Waals surface area contributed by atoms with Crippen molar-refractivity contribution in [2.24, 2.45) is 0 Å². The van der Waals surface area contributed by atoms with Crippen LogP contribution in [0.15, 0.2) is 66.7 Å². The van der Waals surface area contributed by atoms with E-state index < -0.39 is 15.9 Å². The minimum absolute atomic E-state index is 0.0137. The molecule has 14 heteroatoms. The Morgan fingerprint density at radius 1 is 0.689 bits per heavy atom. The number of benzene rings is 3. The monoisotopic (exact) mass is 624 g/mol. The summed E-state index contributed by atoms with van der Waals surface area (Å²) >= 11 is 0. The van der Waals surface area contributed by atoms with Crippen molar-refractivity contribution in [3.05, 3.63) is 98.1 Å². The highest BCUT2D eigenvalue weighted by Crippen LogP contribution is 2.44. The summed E-state index contributed by atoms with van der Waals surface area (Å²) in [6.07, 6.45) is -0.484. The Kier molecular flexibility index (Phi) is 13.0. The molecule has 2 N–H and O–H groups in total. The first-order chi connectivity index (χ1) is 22.0. The largest absolute Gasteiger partial charge is 0.449 e. The number of ether oxygens (including phenoxy) is 5. The average molecular weight is 625 g/mol. The zero-order chi connectivity index (χ0) is 31.9. The Hall–Kier alpha value is -4.63. The summed E-state index contributed by atoms with van der Waals surface area (Å²) in [5.74, 6) is 0.0137. The van der Waals surface area contributed by atoms with E-state index in [1.54, 1.807) is 0 Å². The second kappa shape index (κ2) is 17.6. The number of nitrogens with one attached hydrogen (secondary N) is 2. The number of anilines is 1. The maximum Gasteiger partial charge on any atom is 0.407 e. The van der Waals surface area contributed by atoms with Crippen LogP contribution in [0.2, 0.25) is 0 Å². The van der Waals surface area contributed by atoms with Crippen molar-refractivity contribution >= 4 is 23.2 Å². The van der Waals surface area contributed by atoms with Crippen LogP contribution in [0, 0.1) is 20.2 Å². The van der Waals surface area contributed by atoms with Gasteiger partial charge in [0.25, 0.3) is 11.4 Å². The van der Waals surface area contributed by atoms with Crippen LogP contribution < -0.4 is 10.6 Å². The Bertz CT molecular complexity index is 1390. The van der Waals surface area contributed by atoms with Crippen molar-refractivity contribution in [3.63, 3.8) is 0 Å². The molecule has 1 aliphatic carbocycles. The number of fused-ring (bicyclic) bond motifs is 3. The predicted molar refractivity (Wildman–Crippen MR) is 165 cm³/mol. The van der Waals surface area contributed by atoms with Crippen molar-refractivity contribution in [3.8, 4) is 11.1 Å². The molecule has 0 spiro atoms. The molecule has 240 valence electrons. The smallest absolute Gasteiger partial charge is 0.407 e. The van der Waals surface area contributed by atoms with E-state index in [1.165, 1.54) is 23.3 Å². The molecule has 0 heterocycles. The summed E-state index contributed by atoms with van der Waals surface area (Å²) < 4.78 is 27.3. The summed E-state index contributed by atoms with van der Waals surface area (Å²) in [7, 11) is 0. The molecule has 3 aromatic carbocycles. The number of nitrogens with zero attached hydrogens (tertiary/aromatic N) is 2. The van der Waals surface area contributed by atoms with Crippen LogP contribution in [0.3, 0.4) is 0 Å². The second-order valence-corrected chi connectivity index (χ2v) is 9.84. The van der Waals surface area contributed by atoms with Gasteiger partial charge in [-0.15, -0.1) is 0 Å². The summed E-state index contributed by atoms with van der Waals surface area (Å²) in [6.45, 7) is 3.63. The van der Waals surface area contributed by atoms with Gasteiger partial charge >= 0.3 is 6.09 Å². The van der Waals surface area contributed by atoms with E-state index in [-0.39, 0.29) is 42.7 Å². The number of rotatable bonds is 20. The summed E-state index contributed by atoms with van der Waals surface area (Å²) in [6, 6.07) is 19.8. The molecule has 0 aliphatic heterocycles. The Balaban J connectivity index is 0.943. The van der Waals surface area contributed by atoms with Crippen LogP contribution in [0.5, 0.6) is 0 Å². The Labute approximate surface area is 259 Å². The maximum absolute atomic E-state index is 12.2. The third kappa shape index (κ3) is 9.94. The fourth-order valence-corrected chi connectivity index (χ4v) is 4.83. The molecule has 0 radical (unpaired) electrons. The van der Waals surface area contributed by atoms with Gasteiger partial charge in [-0.2, -0.15) is 0 Å². The molecule has 0 saturated carbocycles. The van der Waals surface area contributed by atoms with Gasteiger partial charge in [-0.3, -0.25) is 20.2 Å². The van der Waals surface area contributed by atoms with Crippen molar-refractivity contribution in [1.82, 2.24) is 5.32 Å². The molecule has 4 rings (SSSR count). The van der Waals surface area contributed by atoms with E-state index >= 15 is 0 Å². The van der Waals surface area contributed by atoms with E-state index in [0.717, 1.165) is 17.2 Å². The zero-order valence-electron chi connectivity index (χ0n) is 24.7. The van der Waals surface area contributed by atoms with Gasteiger partial charge in [0.1, 0.15) is 12.3 Å². The van der Waals surface area contributed by atoms with E-state index in [2.05, 4.69) is 34.9 Å². The van der Waals surface area contributed by atoms with Crippen LogP contribution in [-0.2, 0) is 23.7 Å². The lowest BCUT2D eigenvalue weighted by Gasteiger charge is -2.14. The summed E-state index contributed by atoms with van der Waals surface area (Å²) in [5.41, 5.74) is 4.14. The number of alkyl carbamates (subject to hydrolysis) is 1. The van der Waals surface area contributed by atoms with E-state index in [1.807, 2.05) is 24.3 Å². The first kappa shape index (κ1) is 33.3. The minimum Gasteiger partial charge on any atom is -0.449 e. The Morgan fingerprint density at radius 2 is 1.22 bits per heavy atom. The quantitative estimate of drug-likeness (QED) is 0.103. The van der Waals surface area contributed by atoms with Crippen molar-refractivity contribution in [1.29, 1.82) is 0 Å². The third-order valence-corrected chi connectivity index (χ3v) is 6.93. The number of non-ortho nitro benzene ring substituents is 1. The number of nitro benzene ring substituents is 2. The molecule has 0 unspecified atom stereocenters. The first-order valence-electron chi connectivity index (χ1n) is 14.5. The number of amides is 1. The normalized spacial score (nSPS) is 11.9. The topological polar surface area (TPSA) is 174 Å². The van der Waals surface area contributed by atoms with Gasteiger partial charge in [0.15, 0.2) is 0 Å². The Morgan fingerprint density at radius 3 is 1.78 bits per heavy atom. The van der Waals surface area contributed by atoms with Gasteiger partial charge in [-0.1, -0.05) is 48.5 Å². The zero-order valence-corrected chi connectivity index (χ0v) is 24.7. The highest BCUT2D eigenvalue weighted by atomic mass is 16.6. The molecule has 3 aromatic rings. The van der Waals surface area contributed by atoms with Crippen LogP contribution in [-0.4, -0.2) is 88.5 Å². The molecule has 0 aromatic heterocycles. The maximum atomic E-state index is 12.2. The van der Waals surface area contributed by atoms with Gasteiger partial charge in [0, 0.05) is 25.1 Å². The lowest BCUT2D eigenvalue weighted by molar-refractivity contribution is -0.393. The summed E-state index contributed by atoms with van der Waals surface area (Å²) in [4.78, 5) is 32.8. The minimum atomic E-state index is -0.684. The van der Waals surface area contributed by atoms with E-state index in [9.17, 15) is 25.0 Å². The van der Waals surface area contributed by atoms with E-state index in [0.29, 0.717) is 52.8 Å². The molecule has 0 saturated heterocycles. The fourth-order valence-electron chi connectivity index (χ4n) is 4.83. The molecule has 0 fully saturated rings. The van der Waals surface area contributed by atoms with Gasteiger partial charge < -0.3 is 34.3 Å². The highest BCUT2D eigenvalue weighted by Gasteiger charge is 2.29.